The van der Waals surface area contributed by atoms with Crippen LogP contribution in [0.3, 0.4) is 0 Å². The molecule has 2 atom stereocenters. The number of likely N-dealkylation sites (tertiary alicyclic amines) is 1. The van der Waals surface area contributed by atoms with Gasteiger partial charge in [0.15, 0.2) is 0 Å². The first-order valence-electron chi connectivity index (χ1n) is 10.8. The van der Waals surface area contributed by atoms with Gasteiger partial charge in [0.05, 0.1) is 10.7 Å². The topological polar surface area (TPSA) is 115 Å². The summed E-state index contributed by atoms with van der Waals surface area (Å²) >= 11 is 6.12. The van der Waals surface area contributed by atoms with Gasteiger partial charge >= 0.3 is 6.09 Å². The van der Waals surface area contributed by atoms with Gasteiger partial charge in [-0.1, -0.05) is 54.1 Å². The average Bonchev–Trinajstić information content (AvgIpc) is 3.06. The summed E-state index contributed by atoms with van der Waals surface area (Å²) in [6, 6.07) is 16.3. The third-order valence-electron chi connectivity index (χ3n) is 6.03. The molecule has 3 amide bonds. The van der Waals surface area contributed by atoms with Crippen LogP contribution in [0.1, 0.15) is 12.0 Å². The van der Waals surface area contributed by atoms with Crippen molar-refractivity contribution in [2.45, 2.75) is 18.9 Å². The van der Waals surface area contributed by atoms with E-state index >= 15 is 0 Å². The number of piperidine rings is 1. The summed E-state index contributed by atoms with van der Waals surface area (Å²) in [4.78, 5) is 39.7. The minimum atomic E-state index is -1.30. The highest BCUT2D eigenvalue weighted by Crippen LogP contribution is 2.38. The molecule has 4 rings (SSSR count). The third kappa shape index (κ3) is 4.70. The van der Waals surface area contributed by atoms with Crippen molar-refractivity contribution in [1.29, 1.82) is 0 Å². The van der Waals surface area contributed by atoms with E-state index in [1.54, 1.807) is 31.3 Å². The highest BCUT2D eigenvalue weighted by Gasteiger charge is 2.54. The quantitative estimate of drug-likeness (QED) is 0.648. The Hall–Kier alpha value is -3.59. The fourth-order valence-corrected chi connectivity index (χ4v) is 4.63. The number of rotatable bonds is 7. The number of carbonyl (C=O) groups excluding carboxylic acids is 3. The highest BCUT2D eigenvalue weighted by molar-refractivity contribution is 6.32. The molecule has 0 radical (unpaired) electrons. The van der Waals surface area contributed by atoms with Crippen LogP contribution >= 0.6 is 11.6 Å². The van der Waals surface area contributed by atoms with Crippen LogP contribution in [-0.4, -0.2) is 66.4 Å². The van der Waals surface area contributed by atoms with E-state index in [0.717, 1.165) is 11.3 Å². The van der Waals surface area contributed by atoms with E-state index in [2.05, 4.69) is 5.10 Å². The maximum Gasteiger partial charge on any atom is 0.405 e. The highest BCUT2D eigenvalue weighted by atomic mass is 35.5. The SMILES string of the molecule is CN1N=C2CCN(C(=O)[C@@H](COc3ccccc3Cl)OC(N)=O)C[C@@]2(Cc2ccccc2)C1=O. The molecule has 0 aromatic heterocycles. The molecule has 0 saturated carbocycles. The van der Waals surface area contributed by atoms with E-state index in [4.69, 9.17) is 26.8 Å². The Bertz CT molecular complexity index is 1130. The van der Waals surface area contributed by atoms with Crippen LogP contribution in [0.15, 0.2) is 59.7 Å². The summed E-state index contributed by atoms with van der Waals surface area (Å²) in [5.74, 6) is -0.334. The number of halogens is 1. The van der Waals surface area contributed by atoms with Gasteiger partial charge in [-0.15, -0.1) is 0 Å². The second-order valence-corrected chi connectivity index (χ2v) is 8.70. The summed E-state index contributed by atoms with van der Waals surface area (Å²) in [5.41, 5.74) is 5.94. The summed E-state index contributed by atoms with van der Waals surface area (Å²) in [6.07, 6.45) is -1.58. The van der Waals surface area contributed by atoms with E-state index in [9.17, 15) is 14.4 Å². The Kier molecular flexibility index (Phi) is 6.74. The lowest BCUT2D eigenvalue weighted by atomic mass is 9.73. The van der Waals surface area contributed by atoms with Gasteiger partial charge < -0.3 is 20.1 Å². The smallest absolute Gasteiger partial charge is 0.405 e. The van der Waals surface area contributed by atoms with Crippen LogP contribution in [-0.2, 0) is 20.7 Å². The van der Waals surface area contributed by atoms with Crippen LogP contribution < -0.4 is 10.5 Å². The number of primary amides is 1. The molecular formula is C24H25ClN4O5. The lowest BCUT2D eigenvalue weighted by Crippen LogP contribution is -2.58. The molecule has 10 heteroatoms. The molecule has 2 heterocycles. The normalized spacial score (nSPS) is 20.4. The third-order valence-corrected chi connectivity index (χ3v) is 6.34. The van der Waals surface area contributed by atoms with Crippen molar-refractivity contribution in [1.82, 2.24) is 9.91 Å². The Balaban J connectivity index is 1.56. The predicted octanol–water partition coefficient (Wildman–Crippen LogP) is 2.47. The van der Waals surface area contributed by atoms with Crippen LogP contribution in [0.4, 0.5) is 4.79 Å². The molecule has 0 bridgehead atoms. The van der Waals surface area contributed by atoms with Gasteiger partial charge in [0, 0.05) is 26.6 Å². The zero-order valence-corrected chi connectivity index (χ0v) is 19.4. The number of hydrazone groups is 1. The summed E-state index contributed by atoms with van der Waals surface area (Å²) < 4.78 is 10.7. The number of hydrogen-bond acceptors (Lipinski definition) is 6. The van der Waals surface area contributed by atoms with Crippen molar-refractivity contribution in [3.63, 3.8) is 0 Å². The van der Waals surface area contributed by atoms with Gasteiger partial charge in [-0.25, -0.2) is 9.80 Å². The molecule has 2 aliphatic rings. The molecule has 178 valence electrons. The first kappa shape index (κ1) is 23.6. The number of benzene rings is 2. The van der Waals surface area contributed by atoms with Crippen molar-refractivity contribution in [3.05, 3.63) is 65.2 Å². The average molecular weight is 485 g/mol. The Labute approximate surface area is 202 Å². The number of nitrogens with zero attached hydrogens (tertiary/aromatic N) is 3. The summed E-state index contributed by atoms with van der Waals surface area (Å²) in [7, 11) is 1.61. The van der Waals surface area contributed by atoms with E-state index in [1.807, 2.05) is 30.3 Å². The zero-order chi connectivity index (χ0) is 24.3. The molecule has 2 aromatic rings. The number of para-hydroxylation sites is 1. The minimum Gasteiger partial charge on any atom is -0.488 e. The van der Waals surface area contributed by atoms with Gasteiger partial charge in [0.25, 0.3) is 11.8 Å². The van der Waals surface area contributed by atoms with Crippen molar-refractivity contribution in [2.75, 3.05) is 26.7 Å². The molecule has 0 spiro atoms. The van der Waals surface area contributed by atoms with E-state index < -0.39 is 23.5 Å². The molecule has 1 fully saturated rings. The number of ether oxygens (including phenoxy) is 2. The van der Waals surface area contributed by atoms with Crippen molar-refractivity contribution < 1.29 is 23.9 Å². The molecule has 9 nitrogen and oxygen atoms in total. The number of hydrogen-bond donors (Lipinski definition) is 1. The summed E-state index contributed by atoms with van der Waals surface area (Å²) in [5, 5.41) is 6.14. The predicted molar refractivity (Wildman–Crippen MR) is 125 cm³/mol. The molecule has 1 saturated heterocycles. The fraction of sp³-hybridized carbons (Fsp3) is 0.333. The standard InChI is InChI=1S/C24H25ClN4O5/c1-28-22(31)24(13-16-7-3-2-4-8-16)15-29(12-11-20(24)27-28)21(30)19(34-23(26)32)14-33-18-10-6-5-9-17(18)25/h2-10,19H,11-15H2,1H3,(H2,26,32)/t19-,24-/m1/s1. The lowest BCUT2D eigenvalue weighted by Gasteiger charge is -2.40. The van der Waals surface area contributed by atoms with Crippen molar-refractivity contribution in [2.24, 2.45) is 16.3 Å². The van der Waals surface area contributed by atoms with E-state index in [0.29, 0.717) is 30.2 Å². The largest absolute Gasteiger partial charge is 0.488 e. The Morgan fingerprint density at radius 2 is 1.88 bits per heavy atom. The first-order valence-corrected chi connectivity index (χ1v) is 11.2. The molecule has 34 heavy (non-hydrogen) atoms. The zero-order valence-electron chi connectivity index (χ0n) is 18.6. The first-order chi connectivity index (χ1) is 16.3. The van der Waals surface area contributed by atoms with Gasteiger partial charge in [-0.3, -0.25) is 9.59 Å². The molecule has 0 aliphatic carbocycles. The van der Waals surface area contributed by atoms with Gasteiger partial charge in [0.2, 0.25) is 6.10 Å². The number of nitrogens with two attached hydrogens (primary N) is 1. The maximum absolute atomic E-state index is 13.4. The van der Waals surface area contributed by atoms with Crippen molar-refractivity contribution >= 4 is 35.2 Å². The molecule has 0 unspecified atom stereocenters. The Morgan fingerprint density at radius 1 is 1.18 bits per heavy atom. The van der Waals surface area contributed by atoms with E-state index in [-0.39, 0.29) is 19.1 Å². The van der Waals surface area contributed by atoms with Gasteiger partial charge in [0.1, 0.15) is 17.8 Å². The minimum absolute atomic E-state index is 0.105. The van der Waals surface area contributed by atoms with Crippen molar-refractivity contribution in [3.8, 4) is 5.75 Å². The molecular weight excluding hydrogens is 460 g/mol. The second kappa shape index (κ2) is 9.72. The van der Waals surface area contributed by atoms with Crippen LogP contribution in [0.2, 0.25) is 5.02 Å². The van der Waals surface area contributed by atoms with Gasteiger partial charge in [-0.2, -0.15) is 5.10 Å². The molecule has 2 aliphatic heterocycles. The Morgan fingerprint density at radius 3 is 2.59 bits per heavy atom. The van der Waals surface area contributed by atoms with Gasteiger partial charge in [-0.05, 0) is 24.1 Å². The fourth-order valence-electron chi connectivity index (χ4n) is 4.44. The lowest BCUT2D eigenvalue weighted by molar-refractivity contribution is -0.146. The maximum atomic E-state index is 13.4. The van der Waals surface area contributed by atoms with Crippen LogP contribution in [0, 0.1) is 5.41 Å². The van der Waals surface area contributed by atoms with E-state index in [1.165, 1.54) is 9.91 Å². The van der Waals surface area contributed by atoms with Crippen LogP contribution in [0.25, 0.3) is 0 Å². The number of amides is 3. The monoisotopic (exact) mass is 484 g/mol. The number of fused-ring (bicyclic) bond motifs is 1. The number of carbonyl (C=O) groups is 3. The summed E-state index contributed by atoms with van der Waals surface area (Å²) in [6.45, 7) is 0.149. The molecule has 2 aromatic carbocycles. The van der Waals surface area contributed by atoms with Crippen LogP contribution in [0.5, 0.6) is 5.75 Å². The second-order valence-electron chi connectivity index (χ2n) is 8.30. The molecule has 2 N–H and O–H groups in total.